The summed E-state index contributed by atoms with van der Waals surface area (Å²) >= 11 is 2.84. The molecular weight excluding hydrogens is 350 g/mol. The summed E-state index contributed by atoms with van der Waals surface area (Å²) < 4.78 is 5.05. The van der Waals surface area contributed by atoms with Crippen molar-refractivity contribution < 1.29 is 19.1 Å². The van der Waals surface area contributed by atoms with Gasteiger partial charge in [0.25, 0.3) is 5.91 Å². The van der Waals surface area contributed by atoms with E-state index in [9.17, 15) is 14.4 Å². The Kier molecular flexibility index (Phi) is 6.04. The summed E-state index contributed by atoms with van der Waals surface area (Å²) in [5.41, 5.74) is 0.134. The van der Waals surface area contributed by atoms with Gasteiger partial charge < -0.3 is 10.1 Å². The molecule has 7 nitrogen and oxygen atoms in total. The van der Waals surface area contributed by atoms with Gasteiger partial charge in [0.05, 0.1) is 4.88 Å². The molecule has 3 amide bonds. The molecule has 1 atom stereocenters. The van der Waals surface area contributed by atoms with Gasteiger partial charge in [-0.3, -0.25) is 10.1 Å². The molecule has 0 saturated carbocycles. The molecule has 0 bridgehead atoms. The fraction of sp³-hybridized carbons (Fsp3) is 0.333. The standard InChI is InChI=1S/C15H17N3O4S2/c1-8(2)16-15(21)18-12(19)9(3)22-14(20)10-7-24-13(17-10)11-5-4-6-23-11/h4-9H,1-3H3,(H2,16,18,19,21)/t9-/m1/s1. The van der Waals surface area contributed by atoms with Gasteiger partial charge in [-0.15, -0.1) is 22.7 Å². The van der Waals surface area contributed by atoms with Crippen LogP contribution in [-0.4, -0.2) is 35.0 Å². The lowest BCUT2D eigenvalue weighted by molar-refractivity contribution is -0.127. The van der Waals surface area contributed by atoms with Crippen LogP contribution in [0.4, 0.5) is 4.79 Å². The van der Waals surface area contributed by atoms with Crippen molar-refractivity contribution >= 4 is 40.6 Å². The van der Waals surface area contributed by atoms with E-state index in [1.54, 1.807) is 19.2 Å². The minimum Gasteiger partial charge on any atom is -0.448 e. The molecule has 0 unspecified atom stereocenters. The largest absolute Gasteiger partial charge is 0.448 e. The quantitative estimate of drug-likeness (QED) is 0.792. The molecule has 128 valence electrons. The zero-order valence-electron chi connectivity index (χ0n) is 13.4. The number of nitrogens with zero attached hydrogens (tertiary/aromatic N) is 1. The van der Waals surface area contributed by atoms with Gasteiger partial charge >= 0.3 is 12.0 Å². The number of ether oxygens (including phenoxy) is 1. The first-order chi connectivity index (χ1) is 11.4. The second-order valence-corrected chi connectivity index (χ2v) is 6.99. The van der Waals surface area contributed by atoms with E-state index in [-0.39, 0.29) is 11.7 Å². The first-order valence-corrected chi connectivity index (χ1v) is 8.94. The van der Waals surface area contributed by atoms with Crippen molar-refractivity contribution in [2.45, 2.75) is 32.9 Å². The Morgan fingerprint density at radius 2 is 1.96 bits per heavy atom. The van der Waals surface area contributed by atoms with Crippen LogP contribution in [0.3, 0.4) is 0 Å². The van der Waals surface area contributed by atoms with Crippen LogP contribution in [0.5, 0.6) is 0 Å². The molecule has 0 fully saturated rings. The van der Waals surface area contributed by atoms with Crippen molar-refractivity contribution in [3.63, 3.8) is 0 Å². The van der Waals surface area contributed by atoms with E-state index in [0.717, 1.165) is 4.88 Å². The molecule has 0 radical (unpaired) electrons. The highest BCUT2D eigenvalue weighted by atomic mass is 32.1. The number of carbonyl (C=O) groups is 3. The predicted molar refractivity (Wildman–Crippen MR) is 92.1 cm³/mol. The molecule has 2 aromatic rings. The van der Waals surface area contributed by atoms with Crippen LogP contribution in [0.2, 0.25) is 0 Å². The molecule has 0 saturated heterocycles. The molecule has 2 N–H and O–H groups in total. The maximum Gasteiger partial charge on any atom is 0.358 e. The highest BCUT2D eigenvalue weighted by Crippen LogP contribution is 2.28. The number of hydrogen-bond acceptors (Lipinski definition) is 7. The molecule has 2 aromatic heterocycles. The number of aromatic nitrogens is 1. The highest BCUT2D eigenvalue weighted by Gasteiger charge is 2.22. The van der Waals surface area contributed by atoms with Crippen molar-refractivity contribution in [2.75, 3.05) is 0 Å². The zero-order chi connectivity index (χ0) is 17.7. The molecule has 0 aliphatic heterocycles. The minimum atomic E-state index is -1.11. The lowest BCUT2D eigenvalue weighted by atomic mass is 10.3. The fourth-order valence-corrected chi connectivity index (χ4v) is 3.27. The summed E-state index contributed by atoms with van der Waals surface area (Å²) in [5, 5.41) is 8.83. The Labute approximate surface area is 147 Å². The average Bonchev–Trinajstić information content (AvgIpc) is 3.17. The topological polar surface area (TPSA) is 97.4 Å². The van der Waals surface area contributed by atoms with Crippen LogP contribution >= 0.6 is 22.7 Å². The fourth-order valence-electron chi connectivity index (χ4n) is 1.67. The molecule has 24 heavy (non-hydrogen) atoms. The van der Waals surface area contributed by atoms with Gasteiger partial charge in [-0.2, -0.15) is 0 Å². The molecule has 2 rings (SSSR count). The number of thiophene rings is 1. The van der Waals surface area contributed by atoms with Gasteiger partial charge in [0, 0.05) is 11.4 Å². The number of urea groups is 1. The number of nitrogens with one attached hydrogen (secondary N) is 2. The molecular formula is C15H17N3O4S2. The number of amides is 3. The summed E-state index contributed by atoms with van der Waals surface area (Å²) in [6.07, 6.45) is -1.11. The number of carbonyl (C=O) groups excluding carboxylic acids is 3. The van der Waals surface area contributed by atoms with Crippen LogP contribution in [0, 0.1) is 0 Å². The number of hydrogen-bond donors (Lipinski definition) is 2. The molecule has 0 aliphatic rings. The van der Waals surface area contributed by atoms with E-state index >= 15 is 0 Å². The monoisotopic (exact) mass is 367 g/mol. The molecule has 0 aromatic carbocycles. The molecule has 9 heteroatoms. The Balaban J connectivity index is 1.91. The number of thiazole rings is 1. The van der Waals surface area contributed by atoms with E-state index in [2.05, 4.69) is 15.6 Å². The third kappa shape index (κ3) is 4.87. The van der Waals surface area contributed by atoms with Crippen LogP contribution in [0.1, 0.15) is 31.3 Å². The van der Waals surface area contributed by atoms with Gasteiger partial charge in [-0.25, -0.2) is 14.6 Å². The van der Waals surface area contributed by atoms with Gasteiger partial charge in [0.2, 0.25) is 0 Å². The van der Waals surface area contributed by atoms with E-state index in [1.807, 2.05) is 17.5 Å². The van der Waals surface area contributed by atoms with Gasteiger partial charge in [0.15, 0.2) is 11.8 Å². The van der Waals surface area contributed by atoms with Crippen molar-refractivity contribution in [1.82, 2.24) is 15.6 Å². The Morgan fingerprint density at radius 1 is 1.21 bits per heavy atom. The van der Waals surface area contributed by atoms with Crippen molar-refractivity contribution in [2.24, 2.45) is 0 Å². The first kappa shape index (κ1) is 18.1. The van der Waals surface area contributed by atoms with Crippen LogP contribution in [0.15, 0.2) is 22.9 Å². The third-order valence-corrected chi connectivity index (χ3v) is 4.64. The smallest absolute Gasteiger partial charge is 0.358 e. The maximum atomic E-state index is 12.1. The van der Waals surface area contributed by atoms with Gasteiger partial charge in [0.1, 0.15) is 5.01 Å². The van der Waals surface area contributed by atoms with E-state index in [0.29, 0.717) is 5.01 Å². The second kappa shape index (κ2) is 8.02. The lowest BCUT2D eigenvalue weighted by Crippen LogP contribution is -2.46. The first-order valence-electron chi connectivity index (χ1n) is 7.18. The highest BCUT2D eigenvalue weighted by molar-refractivity contribution is 7.20. The summed E-state index contributed by atoms with van der Waals surface area (Å²) in [6.45, 7) is 4.92. The summed E-state index contributed by atoms with van der Waals surface area (Å²) in [5.74, 6) is -1.41. The number of imide groups is 1. The molecule has 0 aliphatic carbocycles. The summed E-state index contributed by atoms with van der Waals surface area (Å²) in [7, 11) is 0. The van der Waals surface area contributed by atoms with Crippen molar-refractivity contribution in [1.29, 1.82) is 0 Å². The van der Waals surface area contributed by atoms with Crippen LogP contribution < -0.4 is 10.6 Å². The third-order valence-electron chi connectivity index (χ3n) is 2.75. The zero-order valence-corrected chi connectivity index (χ0v) is 15.0. The summed E-state index contributed by atoms with van der Waals surface area (Å²) in [6, 6.07) is 3.06. The maximum absolute atomic E-state index is 12.1. The Hall–Kier alpha value is -2.26. The van der Waals surface area contributed by atoms with E-state index in [4.69, 9.17) is 4.74 Å². The van der Waals surface area contributed by atoms with Crippen molar-refractivity contribution in [3.8, 4) is 9.88 Å². The Bertz CT molecular complexity index is 725. The average molecular weight is 367 g/mol. The summed E-state index contributed by atoms with van der Waals surface area (Å²) in [4.78, 5) is 40.5. The lowest BCUT2D eigenvalue weighted by Gasteiger charge is -2.13. The van der Waals surface area contributed by atoms with Crippen LogP contribution in [0.25, 0.3) is 9.88 Å². The normalized spacial score (nSPS) is 11.8. The van der Waals surface area contributed by atoms with E-state index < -0.39 is 24.0 Å². The van der Waals surface area contributed by atoms with Gasteiger partial charge in [-0.1, -0.05) is 6.07 Å². The van der Waals surface area contributed by atoms with Crippen LogP contribution in [-0.2, 0) is 9.53 Å². The molecule has 0 spiro atoms. The second-order valence-electron chi connectivity index (χ2n) is 5.18. The van der Waals surface area contributed by atoms with Gasteiger partial charge in [-0.05, 0) is 32.2 Å². The number of esters is 1. The molecule has 2 heterocycles. The Morgan fingerprint density at radius 3 is 2.58 bits per heavy atom. The predicted octanol–water partition coefficient (Wildman–Crippen LogP) is 2.65. The van der Waals surface area contributed by atoms with Crippen molar-refractivity contribution in [3.05, 3.63) is 28.6 Å². The minimum absolute atomic E-state index is 0.110. The number of rotatable bonds is 5. The van der Waals surface area contributed by atoms with E-state index in [1.165, 1.54) is 29.6 Å². The SMILES string of the molecule is CC(C)NC(=O)NC(=O)[C@@H](C)OC(=O)c1csc(-c2cccs2)n1.